The lowest BCUT2D eigenvalue weighted by Crippen LogP contribution is -2.66. The number of nitrogens with two attached hydrogens (primary N) is 1. The Morgan fingerprint density at radius 2 is 1.22 bits per heavy atom. The van der Waals surface area contributed by atoms with E-state index in [1.807, 2.05) is 0 Å². The fourth-order valence-corrected chi connectivity index (χ4v) is 19.6. The molecule has 5 aromatic carbocycles. The average Bonchev–Trinajstić information content (AvgIpc) is 0.755. The number of aliphatic hydroxyl groups is 6. The highest BCUT2D eigenvalue weighted by molar-refractivity contribution is 6.32. The van der Waals surface area contributed by atoms with Gasteiger partial charge in [0.1, 0.15) is 119 Å². The zero-order chi connectivity index (χ0) is 97.9. The second-order valence-corrected chi connectivity index (χ2v) is 39.6. The van der Waals surface area contributed by atoms with Crippen molar-refractivity contribution in [1.82, 2.24) is 53.2 Å². The molecule has 0 radical (unpaired) electrons. The highest BCUT2D eigenvalue weighted by Gasteiger charge is 2.55. The first-order valence-electron chi connectivity index (χ1n) is 45.6. The van der Waals surface area contributed by atoms with Crippen LogP contribution >= 0.6 is 23.2 Å². The number of carbonyl (C=O) groups is 11. The summed E-state index contributed by atoms with van der Waals surface area (Å²) in [6, 6.07) is -0.943. The lowest BCUT2D eigenvalue weighted by molar-refractivity contribution is -0.334. The van der Waals surface area contributed by atoms with E-state index >= 15 is 28.8 Å². The highest BCUT2D eigenvalue weighted by Crippen LogP contribution is 2.55. The van der Waals surface area contributed by atoms with Gasteiger partial charge < -0.3 is 142 Å². The van der Waals surface area contributed by atoms with Gasteiger partial charge in [0.2, 0.25) is 59.3 Å². The normalized spacial score (nSPS) is 29.1. The molecule has 0 spiro atoms. The van der Waals surface area contributed by atoms with E-state index in [1.165, 1.54) is 32.0 Å². The monoisotopic (exact) mass is 1920 g/mol. The molecule has 16 rings (SSSR count). The predicted molar refractivity (Wildman–Crippen MR) is 482 cm³/mol. The Labute approximate surface area is 789 Å². The van der Waals surface area contributed by atoms with E-state index in [9.17, 15) is 64.8 Å². The van der Waals surface area contributed by atoms with Crippen LogP contribution in [-0.2, 0) is 62.0 Å². The number of primary amides is 1. The Kier molecular flexibility index (Phi) is 31.7. The molecule has 10 unspecified atom stereocenters. The topological polar surface area (TPSA) is 579 Å². The number of nitrogens with one attached hydrogen (secondary N) is 10. The summed E-state index contributed by atoms with van der Waals surface area (Å²) in [6.07, 6.45) is -13.9. The van der Waals surface area contributed by atoms with Crippen molar-refractivity contribution in [3.63, 3.8) is 0 Å². The third-order valence-corrected chi connectivity index (χ3v) is 26.0. The van der Waals surface area contributed by atoms with Crippen molar-refractivity contribution < 1.29 is 136 Å². The number of fused-ring (bicyclic) bond motifs is 15. The first-order valence-corrected chi connectivity index (χ1v) is 46.3. The molecule has 734 valence electrons. The number of rotatable bonds is 23. The van der Waals surface area contributed by atoms with Crippen LogP contribution in [-0.4, -0.2) is 216 Å². The second kappa shape index (κ2) is 42.2. The molecule has 15 bridgehead atoms. The Morgan fingerprint density at radius 1 is 0.630 bits per heavy atom. The van der Waals surface area contributed by atoms with Crippen LogP contribution in [0.2, 0.25) is 10.0 Å². The number of ether oxygens (including phenoxy) is 9. The van der Waals surface area contributed by atoms with Crippen molar-refractivity contribution in [1.29, 1.82) is 0 Å². The first-order chi connectivity index (χ1) is 63.7. The van der Waals surface area contributed by atoms with Gasteiger partial charge in [-0.05, 0) is 212 Å². The lowest BCUT2D eigenvalue weighted by Gasteiger charge is -2.54. The number of unbranched alkanes of at least 4 members (excludes halogenated alkanes) is 5. The largest absolute Gasteiger partial charge is 0.507 e. The second-order valence-electron chi connectivity index (χ2n) is 38.8. The minimum atomic E-state index is -2.44. The number of amides is 11. The van der Waals surface area contributed by atoms with Crippen LogP contribution in [0.25, 0.3) is 11.1 Å². The minimum absolute atomic E-state index is 0.0128. The fraction of sp³-hybridized carbons (Fsp3) is 0.564. The summed E-state index contributed by atoms with van der Waals surface area (Å²) in [5, 5.41) is 123. The van der Waals surface area contributed by atoms with Crippen LogP contribution in [0.5, 0.6) is 46.0 Å². The van der Waals surface area contributed by atoms with E-state index < -0.39 is 273 Å². The molecular formula is C94H121Cl2N11O28. The number of benzene rings is 5. The van der Waals surface area contributed by atoms with E-state index in [0.29, 0.717) is 18.3 Å². The number of phenols is 2. The summed E-state index contributed by atoms with van der Waals surface area (Å²) in [5.41, 5.74) is -0.336. The van der Waals surface area contributed by atoms with Gasteiger partial charge in [-0.15, -0.1) is 0 Å². The predicted octanol–water partition coefficient (Wildman–Crippen LogP) is 7.58. The molecule has 7 heterocycles. The Hall–Kier alpha value is -11.1. The average molecular weight is 1920 g/mol. The van der Waals surface area contributed by atoms with Crippen LogP contribution < -0.4 is 77.8 Å². The van der Waals surface area contributed by atoms with Gasteiger partial charge in [0.05, 0.1) is 34.7 Å². The number of halogens is 2. The zero-order valence-electron chi connectivity index (χ0n) is 76.7. The number of hydrogen-bond acceptors (Lipinski definition) is 28. The van der Waals surface area contributed by atoms with Gasteiger partial charge in [-0.1, -0.05) is 94.3 Å². The molecule has 0 aromatic heterocycles. The maximum Gasteiger partial charge on any atom is 0.412 e. The van der Waals surface area contributed by atoms with Crippen molar-refractivity contribution in [3.8, 4) is 57.1 Å². The standard InChI is InChI=1S/C94H121Cl2N11O28/c1-12-13-14-15-16-17-24-98-89(124)128-51-36-53-67(59(110)37-51)52-31-45(18-21-58(52)109)69-83(119)106-73(87(123)104-71(53)85(121)101-68-48-27-43-26-44(29-48)30-49(68)28-43)75(113)47-20-23-61(55(96)33-47)130-63-35-50-34-62(78(63)133-88-79(77(115)76(114)64(40-108)131-88)132-66-39-94(11,80(116)42(4)127-66)107-91(126)135-93(8,9)10)129-60-22-19-46(32-54(60)95)74(112)72(105-81(117)56(25-41(2)3)100-90(125)134-92(5,6)7)86(122)99-57(38-65(97)111)82(118)102-70(50)84(120)103-69/h18-23,31-37,41-44,48-49,56-57,64,66,68-77,79-80,88,108-110,112-116H,12-17,24-30,38-40H2,1-11H3,(H2,97,111)(H,98,124)(H,99,122)(H,100,125)(H,101,121)(H,102,118)(H,103,120)(H,104,123)(H,105,117)(H,106,119)(H,107,126)/t42?,43?,44?,48?,49?,56-,57+,64?,66?,68?,69-,70-,71+,72-,73?,74-,75-,76?,77?,79?,80?,88?,94?/m1/s1. The van der Waals surface area contributed by atoms with E-state index in [0.717, 1.165) is 125 Å². The molecule has 4 aliphatic carbocycles. The lowest BCUT2D eigenvalue weighted by atomic mass is 9.54. The number of carbonyl (C=O) groups excluding carboxylic acids is 11. The molecule has 135 heavy (non-hydrogen) atoms. The number of aromatic hydroxyl groups is 2. The summed E-state index contributed by atoms with van der Waals surface area (Å²) in [7, 11) is 0. The van der Waals surface area contributed by atoms with Gasteiger partial charge >= 0.3 is 18.3 Å². The summed E-state index contributed by atoms with van der Waals surface area (Å²) in [5.74, 6) is -14.5. The molecule has 18 atom stereocenters. The maximum absolute atomic E-state index is 16.7. The van der Waals surface area contributed by atoms with Crippen molar-refractivity contribution in [2.75, 3.05) is 13.2 Å². The van der Waals surface area contributed by atoms with E-state index in [2.05, 4.69) is 60.1 Å². The van der Waals surface area contributed by atoms with Crippen molar-refractivity contribution in [2.24, 2.45) is 35.3 Å². The highest BCUT2D eigenvalue weighted by atomic mass is 35.5. The molecule has 4 saturated carbocycles. The quantitative estimate of drug-likeness (QED) is 0.0280. The van der Waals surface area contributed by atoms with Crippen molar-refractivity contribution in [2.45, 2.75) is 293 Å². The fourth-order valence-electron chi connectivity index (χ4n) is 19.2. The summed E-state index contributed by atoms with van der Waals surface area (Å²) in [6.45, 7) is 17.1. The zero-order valence-corrected chi connectivity index (χ0v) is 78.2. The molecule has 11 amide bonds. The summed E-state index contributed by atoms with van der Waals surface area (Å²) >= 11 is 14.6. The molecule has 6 fully saturated rings. The van der Waals surface area contributed by atoms with E-state index in [1.54, 1.807) is 55.4 Å². The maximum atomic E-state index is 16.7. The van der Waals surface area contributed by atoms with Crippen LogP contribution in [0.3, 0.4) is 0 Å². The van der Waals surface area contributed by atoms with Crippen molar-refractivity contribution in [3.05, 3.63) is 117 Å². The van der Waals surface area contributed by atoms with Crippen molar-refractivity contribution >= 4 is 88.7 Å². The molecule has 39 nitrogen and oxygen atoms in total. The van der Waals surface area contributed by atoms with Gasteiger partial charge in [0.15, 0.2) is 23.9 Å². The van der Waals surface area contributed by atoms with Crippen LogP contribution in [0.15, 0.2) is 78.9 Å². The van der Waals surface area contributed by atoms with Gasteiger partial charge in [0.25, 0.3) is 0 Å². The number of alkyl carbamates (subject to hydrolysis) is 2. The molecule has 7 aliphatic heterocycles. The first kappa shape index (κ1) is 101. The Balaban J connectivity index is 1.00. The van der Waals surface area contributed by atoms with Gasteiger partial charge in [-0.25, -0.2) is 14.4 Å². The number of phenolic OH excluding ortho intramolecular Hbond substituents is 2. The van der Waals surface area contributed by atoms with Gasteiger partial charge in [0, 0.05) is 36.2 Å². The SMILES string of the molecule is CCCCCCCCNC(=O)Oc1cc(O)c2c(c1)[C@@H](C(=O)NC1C3CC4CC(C3)CC1C4)NC(=O)C1NC(=O)[C@H](NC(=O)[C@@H]3NC(=O)[C@H](CC(N)=O)NC(=O)[C@H](NC(=O)[C@@H](CC(C)C)NC(=O)OC(C)(C)C)[C@H](O)c4ccc(c(Cl)c4)Oc4cc3cc(c4OC3OC(CO)C(O)C(O)C3OC3CC(C)(NC(=O)OC(C)(C)C)C(O)C(C)O3)Oc3ccc(cc3Cl)[C@H]1O)c1ccc(O)c-2c1. The number of aliphatic hydroxyl groups excluding tert-OH is 6. The van der Waals surface area contributed by atoms with Crippen LogP contribution in [0, 0.1) is 29.6 Å². The minimum Gasteiger partial charge on any atom is -0.507 e. The third-order valence-electron chi connectivity index (χ3n) is 25.4. The van der Waals surface area contributed by atoms with Gasteiger partial charge in [-0.2, -0.15) is 0 Å². The summed E-state index contributed by atoms with van der Waals surface area (Å²) < 4.78 is 56.3. The number of hydrogen-bond donors (Lipinski definition) is 19. The Bertz CT molecular complexity index is 5260. The summed E-state index contributed by atoms with van der Waals surface area (Å²) in [4.78, 5) is 165. The molecular weight excluding hydrogens is 1800 g/mol. The molecule has 11 aliphatic rings. The smallest absolute Gasteiger partial charge is 0.412 e. The molecule has 2 saturated heterocycles. The van der Waals surface area contributed by atoms with Gasteiger partial charge in [-0.3, -0.25) is 38.4 Å². The third kappa shape index (κ3) is 24.1. The van der Waals surface area contributed by atoms with Crippen LogP contribution in [0.4, 0.5) is 14.4 Å². The molecule has 41 heteroatoms. The van der Waals surface area contributed by atoms with E-state index in [4.69, 9.17) is 71.6 Å². The Morgan fingerprint density at radius 3 is 1.83 bits per heavy atom. The van der Waals surface area contributed by atoms with Crippen LogP contribution in [0.1, 0.15) is 224 Å². The van der Waals surface area contributed by atoms with E-state index in [-0.39, 0.29) is 64.3 Å². The molecule has 5 aromatic rings. The molecule has 20 N–H and O–H groups in total.